The Morgan fingerprint density at radius 3 is 2.88 bits per heavy atom. The Morgan fingerprint density at radius 1 is 1.42 bits per heavy atom. The number of nitrogens with one attached hydrogen (secondary N) is 3. The van der Waals surface area contributed by atoms with Gasteiger partial charge in [0, 0.05) is 49.8 Å². The average molecular weight is 386 g/mol. The van der Waals surface area contributed by atoms with Gasteiger partial charge in [-0.3, -0.25) is 4.79 Å². The largest absolute Gasteiger partial charge is 0.433 e. The minimum absolute atomic E-state index is 0. The van der Waals surface area contributed by atoms with Gasteiger partial charge in [-0.2, -0.15) is 24.9 Å². The van der Waals surface area contributed by atoms with Crippen molar-refractivity contribution < 1.29 is 18.0 Å². The second-order valence-electron chi connectivity index (χ2n) is 4.97. The van der Waals surface area contributed by atoms with E-state index < -0.39 is 11.9 Å². The standard InChI is InChI=1S/C13H18F3N5OS.ClH/c14-13(15,16)10-1-2-19-12(21-10)20-4-3-18-11(22)7-9-8-23-6-5-17-9;/h1-2,9,17H,3-8H2,(H,18,22)(H,19,20,21);1H. The molecular formula is C13H19ClF3N5OS. The summed E-state index contributed by atoms with van der Waals surface area (Å²) in [6.07, 6.45) is -3.06. The van der Waals surface area contributed by atoms with Crippen LogP contribution in [0.5, 0.6) is 0 Å². The van der Waals surface area contributed by atoms with E-state index in [1.165, 1.54) is 0 Å². The molecule has 6 nitrogen and oxygen atoms in total. The summed E-state index contributed by atoms with van der Waals surface area (Å²) in [6.45, 7) is 1.44. The van der Waals surface area contributed by atoms with Crippen LogP contribution in [-0.2, 0) is 11.0 Å². The Kier molecular flexibility index (Phi) is 8.57. The lowest BCUT2D eigenvalue weighted by molar-refractivity contribution is -0.141. The van der Waals surface area contributed by atoms with Gasteiger partial charge in [-0.25, -0.2) is 9.97 Å². The van der Waals surface area contributed by atoms with E-state index in [0.717, 1.165) is 30.3 Å². The van der Waals surface area contributed by atoms with Crippen molar-refractivity contribution in [1.82, 2.24) is 20.6 Å². The van der Waals surface area contributed by atoms with Gasteiger partial charge in [0.2, 0.25) is 11.9 Å². The third-order valence-corrected chi connectivity index (χ3v) is 4.24. The second kappa shape index (κ2) is 9.90. The van der Waals surface area contributed by atoms with Gasteiger partial charge in [-0.05, 0) is 6.07 Å². The second-order valence-corrected chi connectivity index (χ2v) is 6.12. The van der Waals surface area contributed by atoms with Crippen molar-refractivity contribution in [2.75, 3.05) is 36.5 Å². The third-order valence-electron chi connectivity index (χ3n) is 3.11. The van der Waals surface area contributed by atoms with E-state index in [9.17, 15) is 18.0 Å². The van der Waals surface area contributed by atoms with Crippen molar-refractivity contribution in [3.63, 3.8) is 0 Å². The molecule has 1 aromatic heterocycles. The summed E-state index contributed by atoms with van der Waals surface area (Å²) in [6, 6.07) is 0.982. The fraction of sp³-hybridized carbons (Fsp3) is 0.615. The summed E-state index contributed by atoms with van der Waals surface area (Å²) in [7, 11) is 0. The SMILES string of the molecule is Cl.O=C(CC1CSCCN1)NCCNc1nccc(C(F)(F)F)n1. The summed E-state index contributed by atoms with van der Waals surface area (Å²) < 4.78 is 37.5. The predicted octanol–water partition coefficient (Wildman–Crippen LogP) is 1.54. The highest BCUT2D eigenvalue weighted by Gasteiger charge is 2.32. The number of carbonyl (C=O) groups excluding carboxylic acids is 1. The summed E-state index contributed by atoms with van der Waals surface area (Å²) in [5.74, 6) is 1.76. The minimum Gasteiger partial charge on any atom is -0.354 e. The Hall–Kier alpha value is -1.26. The molecule has 2 heterocycles. The first-order valence-corrected chi connectivity index (χ1v) is 8.32. The molecule has 1 unspecified atom stereocenters. The van der Waals surface area contributed by atoms with E-state index in [4.69, 9.17) is 0 Å². The first-order chi connectivity index (χ1) is 10.9. The molecule has 0 spiro atoms. The molecule has 0 radical (unpaired) electrons. The lowest BCUT2D eigenvalue weighted by atomic mass is 10.2. The van der Waals surface area contributed by atoms with Crippen molar-refractivity contribution in [2.24, 2.45) is 0 Å². The number of hydrogen-bond acceptors (Lipinski definition) is 6. The molecule has 1 fully saturated rings. The first-order valence-electron chi connectivity index (χ1n) is 7.17. The molecule has 0 aliphatic carbocycles. The quantitative estimate of drug-likeness (QED) is 0.645. The smallest absolute Gasteiger partial charge is 0.354 e. The topological polar surface area (TPSA) is 78.9 Å². The molecule has 11 heteroatoms. The van der Waals surface area contributed by atoms with Crippen LogP contribution in [0.25, 0.3) is 0 Å². The number of nitrogens with zero attached hydrogens (tertiary/aromatic N) is 2. The third kappa shape index (κ3) is 7.10. The molecule has 24 heavy (non-hydrogen) atoms. The highest BCUT2D eigenvalue weighted by molar-refractivity contribution is 7.99. The number of hydrogen-bond donors (Lipinski definition) is 3. The monoisotopic (exact) mass is 385 g/mol. The fourth-order valence-electron chi connectivity index (χ4n) is 2.02. The van der Waals surface area contributed by atoms with E-state index in [1.54, 1.807) is 0 Å². The van der Waals surface area contributed by atoms with Crippen LogP contribution in [-0.4, -0.2) is 53.1 Å². The van der Waals surface area contributed by atoms with Gasteiger partial charge in [0.1, 0.15) is 5.69 Å². The van der Waals surface area contributed by atoms with Gasteiger partial charge in [-0.15, -0.1) is 12.4 Å². The van der Waals surface area contributed by atoms with E-state index >= 15 is 0 Å². The minimum atomic E-state index is -4.50. The average Bonchev–Trinajstić information content (AvgIpc) is 2.52. The van der Waals surface area contributed by atoms with Crippen LogP contribution >= 0.6 is 24.2 Å². The van der Waals surface area contributed by atoms with Gasteiger partial charge < -0.3 is 16.0 Å². The van der Waals surface area contributed by atoms with Crippen LogP contribution in [0.4, 0.5) is 19.1 Å². The predicted molar refractivity (Wildman–Crippen MR) is 89.5 cm³/mol. The number of amides is 1. The highest BCUT2D eigenvalue weighted by atomic mass is 35.5. The molecule has 1 aliphatic rings. The summed E-state index contributed by atoms with van der Waals surface area (Å²) in [5.41, 5.74) is -1.00. The van der Waals surface area contributed by atoms with Crippen LogP contribution < -0.4 is 16.0 Å². The lowest BCUT2D eigenvalue weighted by Gasteiger charge is -2.22. The van der Waals surface area contributed by atoms with Gasteiger partial charge in [0.05, 0.1) is 0 Å². The molecule has 136 valence electrons. The molecule has 3 N–H and O–H groups in total. The van der Waals surface area contributed by atoms with E-state index in [0.29, 0.717) is 6.42 Å². The molecule has 0 bridgehead atoms. The molecule has 0 saturated carbocycles. The van der Waals surface area contributed by atoms with E-state index in [-0.39, 0.29) is 43.4 Å². The number of halogens is 4. The zero-order valence-corrected chi connectivity index (χ0v) is 14.4. The summed E-state index contributed by atoms with van der Waals surface area (Å²) in [5, 5.41) is 8.64. The fourth-order valence-corrected chi connectivity index (χ4v) is 2.97. The normalized spacial score (nSPS) is 17.7. The maximum Gasteiger partial charge on any atom is 0.433 e. The molecule has 1 aliphatic heterocycles. The van der Waals surface area contributed by atoms with Gasteiger partial charge >= 0.3 is 6.18 Å². The van der Waals surface area contributed by atoms with Gasteiger partial charge in [-0.1, -0.05) is 0 Å². The number of carbonyl (C=O) groups is 1. The van der Waals surface area contributed by atoms with Gasteiger partial charge in [0.15, 0.2) is 0 Å². The van der Waals surface area contributed by atoms with Crippen LogP contribution in [0.2, 0.25) is 0 Å². The zero-order chi connectivity index (χ0) is 16.7. The highest BCUT2D eigenvalue weighted by Crippen LogP contribution is 2.27. The maximum atomic E-state index is 12.5. The van der Waals surface area contributed by atoms with Crippen molar-refractivity contribution in [3.05, 3.63) is 18.0 Å². The molecule has 0 aromatic carbocycles. The van der Waals surface area contributed by atoms with Crippen LogP contribution in [0.3, 0.4) is 0 Å². The molecule has 1 atom stereocenters. The number of rotatable bonds is 6. The van der Waals surface area contributed by atoms with Gasteiger partial charge in [0.25, 0.3) is 0 Å². The number of alkyl halides is 3. The van der Waals surface area contributed by atoms with Crippen molar-refractivity contribution >= 4 is 36.0 Å². The molecular weight excluding hydrogens is 367 g/mol. The van der Waals surface area contributed by atoms with Crippen LogP contribution in [0.1, 0.15) is 12.1 Å². The number of aromatic nitrogens is 2. The number of anilines is 1. The lowest BCUT2D eigenvalue weighted by Crippen LogP contribution is -2.42. The van der Waals surface area contributed by atoms with E-state index in [1.807, 2.05) is 11.8 Å². The van der Waals surface area contributed by atoms with Crippen molar-refractivity contribution in [3.8, 4) is 0 Å². The zero-order valence-electron chi connectivity index (χ0n) is 12.7. The molecule has 1 amide bonds. The Bertz CT molecular complexity index is 529. The van der Waals surface area contributed by atoms with Crippen LogP contribution in [0.15, 0.2) is 12.3 Å². The van der Waals surface area contributed by atoms with Crippen molar-refractivity contribution in [1.29, 1.82) is 0 Å². The molecule has 1 saturated heterocycles. The summed E-state index contributed by atoms with van der Waals surface area (Å²) in [4.78, 5) is 18.8. The Morgan fingerprint density at radius 2 is 2.21 bits per heavy atom. The van der Waals surface area contributed by atoms with Crippen LogP contribution in [0, 0.1) is 0 Å². The number of thioether (sulfide) groups is 1. The maximum absolute atomic E-state index is 12.5. The van der Waals surface area contributed by atoms with Crippen molar-refractivity contribution in [2.45, 2.75) is 18.6 Å². The molecule has 2 rings (SSSR count). The molecule has 1 aromatic rings. The summed E-state index contributed by atoms with van der Waals surface area (Å²) >= 11 is 1.81. The Labute approximate surface area is 148 Å². The Balaban J connectivity index is 0.00000288. The van der Waals surface area contributed by atoms with E-state index in [2.05, 4.69) is 25.9 Å². The first kappa shape index (κ1) is 20.8.